The minimum Gasteiger partial charge on any atom is -0.482 e. The molecule has 1 heterocycles. The van der Waals surface area contributed by atoms with Crippen molar-refractivity contribution in [3.63, 3.8) is 0 Å². The average Bonchev–Trinajstić information content (AvgIpc) is 2.52. The van der Waals surface area contributed by atoms with E-state index in [0.717, 1.165) is 13.1 Å². The van der Waals surface area contributed by atoms with Gasteiger partial charge < -0.3 is 14.5 Å². The van der Waals surface area contributed by atoms with Gasteiger partial charge in [-0.25, -0.2) is 13.1 Å². The Hall–Kier alpha value is -1.35. The number of rotatable bonds is 6. The number of halogens is 1. The highest BCUT2D eigenvalue weighted by Crippen LogP contribution is 2.27. The molecular formula is C16H24ClN3O4S. The monoisotopic (exact) mass is 389 g/mol. The predicted octanol–water partition coefficient (Wildman–Crippen LogP) is 1.18. The SMILES string of the molecule is CC(C)NS(=O)(=O)c1ccc(OCC(=O)N2CCN(C)CC2)c(Cl)c1. The van der Waals surface area contributed by atoms with Crippen LogP contribution in [0.4, 0.5) is 0 Å². The Morgan fingerprint density at radius 2 is 1.92 bits per heavy atom. The van der Waals surface area contributed by atoms with E-state index in [2.05, 4.69) is 9.62 Å². The van der Waals surface area contributed by atoms with Crippen LogP contribution in [0.3, 0.4) is 0 Å². The number of hydrogen-bond acceptors (Lipinski definition) is 5. The second-order valence-electron chi connectivity index (χ2n) is 6.34. The highest BCUT2D eigenvalue weighted by Gasteiger charge is 2.21. The van der Waals surface area contributed by atoms with Gasteiger partial charge >= 0.3 is 0 Å². The summed E-state index contributed by atoms with van der Waals surface area (Å²) in [5.74, 6) is 0.176. The molecule has 1 saturated heterocycles. The van der Waals surface area contributed by atoms with Crippen molar-refractivity contribution in [1.82, 2.24) is 14.5 Å². The largest absolute Gasteiger partial charge is 0.482 e. The number of piperazine rings is 1. The average molecular weight is 390 g/mol. The maximum Gasteiger partial charge on any atom is 0.260 e. The lowest BCUT2D eigenvalue weighted by atomic mass is 10.3. The summed E-state index contributed by atoms with van der Waals surface area (Å²) in [5, 5.41) is 0.151. The molecule has 1 fully saturated rings. The van der Waals surface area contributed by atoms with Crippen LogP contribution in [0.5, 0.6) is 5.75 Å². The molecule has 0 aromatic heterocycles. The Bertz CT molecular complexity index is 716. The molecule has 7 nitrogen and oxygen atoms in total. The summed E-state index contributed by atoms with van der Waals surface area (Å²) in [5.41, 5.74) is 0. The maximum atomic E-state index is 12.2. The van der Waals surface area contributed by atoms with Gasteiger partial charge in [0.1, 0.15) is 5.75 Å². The van der Waals surface area contributed by atoms with Gasteiger partial charge in [0.05, 0.1) is 9.92 Å². The summed E-state index contributed by atoms with van der Waals surface area (Å²) in [6.07, 6.45) is 0. The summed E-state index contributed by atoms with van der Waals surface area (Å²) in [6, 6.07) is 3.98. The lowest BCUT2D eigenvalue weighted by Gasteiger charge is -2.32. The van der Waals surface area contributed by atoms with Crippen LogP contribution in [0.1, 0.15) is 13.8 Å². The van der Waals surface area contributed by atoms with Crippen molar-refractivity contribution in [2.75, 3.05) is 39.8 Å². The molecule has 1 amide bonds. The number of ether oxygens (including phenoxy) is 1. The van der Waals surface area contributed by atoms with Crippen LogP contribution < -0.4 is 9.46 Å². The quantitative estimate of drug-likeness (QED) is 0.790. The Morgan fingerprint density at radius 1 is 1.28 bits per heavy atom. The Balaban J connectivity index is 1.98. The van der Waals surface area contributed by atoms with E-state index < -0.39 is 10.0 Å². The number of hydrogen-bond donors (Lipinski definition) is 1. The van der Waals surface area contributed by atoms with E-state index in [-0.39, 0.29) is 34.2 Å². The maximum absolute atomic E-state index is 12.2. The van der Waals surface area contributed by atoms with Crippen LogP contribution in [-0.4, -0.2) is 70.0 Å². The zero-order valence-electron chi connectivity index (χ0n) is 14.7. The summed E-state index contributed by atoms with van der Waals surface area (Å²) in [4.78, 5) is 16.1. The van der Waals surface area contributed by atoms with E-state index in [4.69, 9.17) is 16.3 Å². The van der Waals surface area contributed by atoms with Crippen molar-refractivity contribution in [3.05, 3.63) is 23.2 Å². The first-order valence-corrected chi connectivity index (χ1v) is 9.96. The van der Waals surface area contributed by atoms with Crippen molar-refractivity contribution in [3.8, 4) is 5.75 Å². The van der Waals surface area contributed by atoms with Crippen LogP contribution in [0.15, 0.2) is 23.1 Å². The highest BCUT2D eigenvalue weighted by atomic mass is 35.5. The van der Waals surface area contributed by atoms with Gasteiger partial charge in [-0.2, -0.15) is 0 Å². The topological polar surface area (TPSA) is 78.9 Å². The molecule has 0 aliphatic carbocycles. The molecule has 140 valence electrons. The van der Waals surface area contributed by atoms with Crippen molar-refractivity contribution < 1.29 is 17.9 Å². The molecule has 1 aromatic carbocycles. The molecule has 0 unspecified atom stereocenters. The number of nitrogens with one attached hydrogen (secondary N) is 1. The predicted molar refractivity (Wildman–Crippen MR) is 96.5 cm³/mol. The lowest BCUT2D eigenvalue weighted by molar-refractivity contribution is -0.134. The summed E-state index contributed by atoms with van der Waals surface area (Å²) in [6.45, 7) is 6.36. The van der Waals surface area contributed by atoms with E-state index in [1.54, 1.807) is 18.7 Å². The molecule has 0 radical (unpaired) electrons. The minimum absolute atomic E-state index is 0.0592. The zero-order valence-corrected chi connectivity index (χ0v) is 16.2. The van der Waals surface area contributed by atoms with Gasteiger partial charge in [0.25, 0.3) is 5.91 Å². The smallest absolute Gasteiger partial charge is 0.260 e. The van der Waals surface area contributed by atoms with E-state index in [1.807, 2.05) is 7.05 Å². The van der Waals surface area contributed by atoms with E-state index in [9.17, 15) is 13.2 Å². The zero-order chi connectivity index (χ0) is 18.6. The van der Waals surface area contributed by atoms with Crippen LogP contribution in [-0.2, 0) is 14.8 Å². The fourth-order valence-corrected chi connectivity index (χ4v) is 4.01. The van der Waals surface area contributed by atoms with Crippen molar-refractivity contribution in [1.29, 1.82) is 0 Å². The Labute approximate surface area is 153 Å². The lowest BCUT2D eigenvalue weighted by Crippen LogP contribution is -2.48. The third-order valence-corrected chi connectivity index (χ3v) is 5.76. The number of nitrogens with zero attached hydrogens (tertiary/aromatic N) is 2. The van der Waals surface area contributed by atoms with Crippen molar-refractivity contribution >= 4 is 27.5 Å². The molecule has 0 bridgehead atoms. The fraction of sp³-hybridized carbons (Fsp3) is 0.562. The molecular weight excluding hydrogens is 366 g/mol. The van der Waals surface area contributed by atoms with Gasteiger partial charge in [-0.05, 0) is 39.1 Å². The molecule has 1 aliphatic rings. The standard InChI is InChI=1S/C16H24ClN3O4S/c1-12(2)18-25(22,23)13-4-5-15(14(17)10-13)24-11-16(21)20-8-6-19(3)7-9-20/h4-5,10,12,18H,6-9,11H2,1-3H3. The second kappa shape index (κ2) is 8.35. The number of carbonyl (C=O) groups excluding carboxylic acids is 1. The van der Waals surface area contributed by atoms with Crippen LogP contribution in [0, 0.1) is 0 Å². The molecule has 1 aromatic rings. The number of carbonyl (C=O) groups is 1. The Kier molecular flexibility index (Phi) is 6.67. The van der Waals surface area contributed by atoms with E-state index >= 15 is 0 Å². The van der Waals surface area contributed by atoms with Gasteiger partial charge in [-0.15, -0.1) is 0 Å². The first-order chi connectivity index (χ1) is 11.7. The van der Waals surface area contributed by atoms with Crippen LogP contribution >= 0.6 is 11.6 Å². The summed E-state index contributed by atoms with van der Waals surface area (Å²) >= 11 is 6.11. The first kappa shape index (κ1) is 20.0. The molecule has 0 spiro atoms. The molecule has 2 rings (SSSR count). The molecule has 25 heavy (non-hydrogen) atoms. The Morgan fingerprint density at radius 3 is 2.48 bits per heavy atom. The molecule has 0 atom stereocenters. The van der Waals surface area contributed by atoms with Gasteiger partial charge in [-0.1, -0.05) is 11.6 Å². The summed E-state index contributed by atoms with van der Waals surface area (Å²) < 4.78 is 32.2. The fourth-order valence-electron chi connectivity index (χ4n) is 2.43. The number of amides is 1. The van der Waals surface area contributed by atoms with Crippen LogP contribution in [0.25, 0.3) is 0 Å². The van der Waals surface area contributed by atoms with Crippen molar-refractivity contribution in [2.45, 2.75) is 24.8 Å². The minimum atomic E-state index is -3.62. The van der Waals surface area contributed by atoms with E-state index in [1.165, 1.54) is 18.2 Å². The van der Waals surface area contributed by atoms with Gasteiger partial charge in [0, 0.05) is 32.2 Å². The molecule has 1 N–H and O–H groups in total. The second-order valence-corrected chi connectivity index (χ2v) is 8.46. The third kappa shape index (κ3) is 5.57. The van der Waals surface area contributed by atoms with Gasteiger partial charge in [0.15, 0.2) is 6.61 Å². The highest BCUT2D eigenvalue weighted by molar-refractivity contribution is 7.89. The molecule has 9 heteroatoms. The molecule has 0 saturated carbocycles. The van der Waals surface area contributed by atoms with Crippen molar-refractivity contribution in [2.24, 2.45) is 0 Å². The molecule has 1 aliphatic heterocycles. The first-order valence-electron chi connectivity index (χ1n) is 8.10. The van der Waals surface area contributed by atoms with Gasteiger partial charge in [-0.3, -0.25) is 4.79 Å². The van der Waals surface area contributed by atoms with E-state index in [0.29, 0.717) is 13.1 Å². The third-order valence-electron chi connectivity index (χ3n) is 3.81. The normalized spacial score (nSPS) is 16.3. The number of benzene rings is 1. The van der Waals surface area contributed by atoms with Crippen LogP contribution in [0.2, 0.25) is 5.02 Å². The van der Waals surface area contributed by atoms with Gasteiger partial charge in [0.2, 0.25) is 10.0 Å². The summed E-state index contributed by atoms with van der Waals surface area (Å²) in [7, 11) is -1.61. The number of sulfonamides is 1. The number of likely N-dealkylation sites (N-methyl/N-ethyl adjacent to an activating group) is 1.